The molecule has 32 heavy (non-hydrogen) atoms. The van der Waals surface area contributed by atoms with E-state index in [0.717, 1.165) is 16.8 Å². The molecule has 1 fully saturated rings. The number of fused-ring (bicyclic) bond motifs is 4. The number of ether oxygens (including phenoxy) is 1. The summed E-state index contributed by atoms with van der Waals surface area (Å²) >= 11 is 0. The number of benzene rings is 3. The molecule has 3 heteroatoms. The fourth-order valence-corrected chi connectivity index (χ4v) is 6.64. The Bertz CT molecular complexity index is 1220. The Kier molecular flexibility index (Phi) is 4.24. The van der Waals surface area contributed by atoms with Crippen LogP contribution in [-0.2, 0) is 5.41 Å². The summed E-state index contributed by atoms with van der Waals surface area (Å²) in [6.07, 6.45) is 5.97. The molecule has 0 aromatic heterocycles. The topological polar surface area (TPSA) is 24.8 Å². The first-order valence-corrected chi connectivity index (χ1v) is 12.1. The maximum atomic E-state index is 7.13. The Morgan fingerprint density at radius 3 is 2.44 bits per heavy atom. The smallest absolute Gasteiger partial charge is 0.229 e. The van der Waals surface area contributed by atoms with E-state index < -0.39 is 5.72 Å². The Hall–Kier alpha value is -2.81. The van der Waals surface area contributed by atoms with Gasteiger partial charge >= 0.3 is 0 Å². The molecule has 0 bridgehead atoms. The van der Waals surface area contributed by atoms with E-state index in [0.29, 0.717) is 17.9 Å². The normalized spacial score (nSPS) is 30.2. The highest BCUT2D eigenvalue weighted by Crippen LogP contribution is 2.57. The van der Waals surface area contributed by atoms with Gasteiger partial charge in [0.05, 0.1) is 11.6 Å². The van der Waals surface area contributed by atoms with Crippen LogP contribution in [0.3, 0.4) is 0 Å². The van der Waals surface area contributed by atoms with Crippen LogP contribution in [0.2, 0.25) is 0 Å². The lowest BCUT2D eigenvalue weighted by Crippen LogP contribution is -2.67. The number of rotatable bonds is 1. The number of aliphatic imine (C=N–C) groups is 1. The SMILES string of the molecule is CC1CCCC(C)C1N1c2ccccc2C(C)(C)C12C=Nc1c(ccc3ccccc13)O2. The fourth-order valence-electron chi connectivity index (χ4n) is 6.64. The van der Waals surface area contributed by atoms with Crippen molar-refractivity contribution in [2.45, 2.75) is 64.1 Å². The third-order valence-corrected chi connectivity index (χ3v) is 8.37. The number of nitrogens with zero attached hydrogens (tertiary/aromatic N) is 2. The van der Waals surface area contributed by atoms with Crippen LogP contribution in [-0.4, -0.2) is 18.0 Å². The van der Waals surface area contributed by atoms with Gasteiger partial charge in [-0.15, -0.1) is 0 Å². The Morgan fingerprint density at radius 2 is 1.62 bits per heavy atom. The summed E-state index contributed by atoms with van der Waals surface area (Å²) in [4.78, 5) is 7.75. The van der Waals surface area contributed by atoms with E-state index in [2.05, 4.69) is 99.5 Å². The summed E-state index contributed by atoms with van der Waals surface area (Å²) in [5, 5.41) is 2.35. The highest BCUT2D eigenvalue weighted by atomic mass is 16.5. The largest absolute Gasteiger partial charge is 0.459 e. The molecule has 1 saturated carbocycles. The molecule has 3 atom stereocenters. The lowest BCUT2D eigenvalue weighted by Gasteiger charge is -2.53. The van der Waals surface area contributed by atoms with Gasteiger partial charge in [-0.3, -0.25) is 4.99 Å². The van der Waals surface area contributed by atoms with Crippen molar-refractivity contribution in [3.63, 3.8) is 0 Å². The molecule has 3 aliphatic rings. The average Bonchev–Trinajstić information content (AvgIpc) is 2.98. The second kappa shape index (κ2) is 6.84. The van der Waals surface area contributed by atoms with E-state index in [1.807, 2.05) is 0 Å². The van der Waals surface area contributed by atoms with Crippen molar-refractivity contribution in [1.29, 1.82) is 0 Å². The number of para-hydroxylation sites is 1. The predicted octanol–water partition coefficient (Wildman–Crippen LogP) is 7.25. The van der Waals surface area contributed by atoms with Crippen LogP contribution in [0.5, 0.6) is 5.75 Å². The van der Waals surface area contributed by atoms with Crippen LogP contribution in [0.1, 0.15) is 52.5 Å². The van der Waals surface area contributed by atoms with Gasteiger partial charge in [-0.2, -0.15) is 0 Å². The summed E-state index contributed by atoms with van der Waals surface area (Å²) in [5.74, 6) is 2.09. The minimum absolute atomic E-state index is 0.243. The van der Waals surface area contributed by atoms with Crippen LogP contribution in [0, 0.1) is 11.8 Å². The van der Waals surface area contributed by atoms with Crippen molar-refractivity contribution in [2.24, 2.45) is 16.8 Å². The Balaban J connectivity index is 1.57. The first-order valence-electron chi connectivity index (χ1n) is 12.1. The second-order valence-electron chi connectivity index (χ2n) is 10.6. The third kappa shape index (κ3) is 2.51. The molecule has 1 spiro atoms. The van der Waals surface area contributed by atoms with Gasteiger partial charge in [0.25, 0.3) is 0 Å². The minimum Gasteiger partial charge on any atom is -0.459 e. The van der Waals surface area contributed by atoms with Crippen LogP contribution < -0.4 is 9.64 Å². The van der Waals surface area contributed by atoms with Crippen molar-refractivity contribution >= 4 is 28.4 Å². The monoisotopic (exact) mass is 424 g/mol. The van der Waals surface area contributed by atoms with Crippen LogP contribution in [0.15, 0.2) is 65.7 Å². The van der Waals surface area contributed by atoms with Crippen LogP contribution >= 0.6 is 0 Å². The highest BCUT2D eigenvalue weighted by Gasteiger charge is 2.62. The summed E-state index contributed by atoms with van der Waals surface area (Å²) < 4.78 is 7.13. The zero-order chi connectivity index (χ0) is 22.1. The maximum Gasteiger partial charge on any atom is 0.229 e. The molecule has 2 heterocycles. The second-order valence-corrected chi connectivity index (χ2v) is 10.6. The van der Waals surface area contributed by atoms with Gasteiger partial charge in [-0.25, -0.2) is 0 Å². The van der Waals surface area contributed by atoms with E-state index >= 15 is 0 Å². The van der Waals surface area contributed by atoms with Crippen molar-refractivity contribution in [3.8, 4) is 5.75 Å². The molecule has 0 radical (unpaired) electrons. The summed E-state index contributed by atoms with van der Waals surface area (Å²) in [7, 11) is 0. The van der Waals surface area contributed by atoms with E-state index in [1.54, 1.807) is 0 Å². The molecule has 0 saturated heterocycles. The molecule has 3 aromatic rings. The van der Waals surface area contributed by atoms with Crippen LogP contribution in [0.25, 0.3) is 10.8 Å². The van der Waals surface area contributed by atoms with E-state index in [9.17, 15) is 0 Å². The van der Waals surface area contributed by atoms with Crippen LogP contribution in [0.4, 0.5) is 11.4 Å². The maximum absolute atomic E-state index is 7.13. The quantitative estimate of drug-likeness (QED) is 0.411. The Labute approximate surface area is 191 Å². The summed E-state index contributed by atoms with van der Waals surface area (Å²) in [6, 6.07) is 22.0. The average molecular weight is 425 g/mol. The van der Waals surface area contributed by atoms with Gasteiger partial charge in [-0.1, -0.05) is 68.8 Å². The molecule has 0 N–H and O–H groups in total. The van der Waals surface area contributed by atoms with E-state index in [1.165, 1.54) is 35.9 Å². The zero-order valence-electron chi connectivity index (χ0n) is 19.5. The number of hydrogen-bond donors (Lipinski definition) is 0. The summed E-state index contributed by atoms with van der Waals surface area (Å²) in [6.45, 7) is 9.48. The van der Waals surface area contributed by atoms with Gasteiger partial charge in [0.2, 0.25) is 5.72 Å². The molecule has 6 rings (SSSR count). The lowest BCUT2D eigenvalue weighted by atomic mass is 9.74. The van der Waals surface area contributed by atoms with E-state index in [4.69, 9.17) is 9.73 Å². The minimum atomic E-state index is -0.642. The highest BCUT2D eigenvalue weighted by molar-refractivity contribution is 5.99. The number of anilines is 1. The number of hydrogen-bond acceptors (Lipinski definition) is 3. The predicted molar refractivity (Wildman–Crippen MR) is 133 cm³/mol. The molecule has 1 aliphatic carbocycles. The molecular weight excluding hydrogens is 392 g/mol. The van der Waals surface area contributed by atoms with Gasteiger partial charge in [0.1, 0.15) is 11.4 Å². The molecule has 164 valence electrons. The molecule has 0 amide bonds. The molecule has 3 unspecified atom stereocenters. The zero-order valence-corrected chi connectivity index (χ0v) is 19.5. The third-order valence-electron chi connectivity index (χ3n) is 8.37. The Morgan fingerprint density at radius 1 is 0.906 bits per heavy atom. The first kappa shape index (κ1) is 19.8. The van der Waals surface area contributed by atoms with Gasteiger partial charge < -0.3 is 9.64 Å². The van der Waals surface area contributed by atoms with Crippen molar-refractivity contribution < 1.29 is 4.74 Å². The van der Waals surface area contributed by atoms with Gasteiger partial charge in [0.15, 0.2) is 0 Å². The standard InChI is InChI=1S/C29H32N2O/c1-19-10-9-11-20(2)27(19)31-24-15-8-7-14-23(24)28(3,4)29(31)18-30-26-22-13-6-5-12-21(22)16-17-25(26)32-29/h5-8,12-20,27H,9-11H2,1-4H3. The first-order chi connectivity index (χ1) is 15.4. The fraction of sp³-hybridized carbons (Fsp3) is 0.414. The lowest BCUT2D eigenvalue weighted by molar-refractivity contribution is 0.0513. The summed E-state index contributed by atoms with van der Waals surface area (Å²) in [5.41, 5.74) is 2.72. The van der Waals surface area contributed by atoms with Gasteiger partial charge in [-0.05, 0) is 61.6 Å². The molecule has 3 aromatic carbocycles. The molecular formula is C29H32N2O. The van der Waals surface area contributed by atoms with Gasteiger partial charge in [0, 0.05) is 17.1 Å². The van der Waals surface area contributed by atoms with Crippen molar-refractivity contribution in [3.05, 3.63) is 66.2 Å². The van der Waals surface area contributed by atoms with E-state index in [-0.39, 0.29) is 5.41 Å². The molecule has 2 aliphatic heterocycles. The molecule has 3 nitrogen and oxygen atoms in total. The van der Waals surface area contributed by atoms with Crippen molar-refractivity contribution in [2.75, 3.05) is 4.90 Å². The van der Waals surface area contributed by atoms with Crippen molar-refractivity contribution in [1.82, 2.24) is 0 Å².